The maximum atomic E-state index is 13.4. The molecule has 32 heavy (non-hydrogen) atoms. The van der Waals surface area contributed by atoms with Crippen LogP contribution >= 0.6 is 0 Å². The van der Waals surface area contributed by atoms with Gasteiger partial charge in [0.25, 0.3) is 0 Å². The number of ether oxygens (including phenoxy) is 2. The second-order valence-electron chi connectivity index (χ2n) is 8.61. The molecule has 1 amide bonds. The SMILES string of the molecule is CCN1CC2(CCN(CCCOC(c3ccc(F)cc3)c3ccc(F)cc3)CC2)OC1=O. The van der Waals surface area contributed by atoms with Crippen molar-refractivity contribution in [1.29, 1.82) is 0 Å². The zero-order chi connectivity index (χ0) is 22.6. The molecule has 7 heteroatoms. The van der Waals surface area contributed by atoms with Crippen molar-refractivity contribution in [2.75, 3.05) is 39.3 Å². The molecule has 172 valence electrons. The number of piperidine rings is 1. The highest BCUT2D eigenvalue weighted by Gasteiger charge is 2.46. The Bertz CT molecular complexity index is 851. The minimum atomic E-state index is -0.376. The lowest BCUT2D eigenvalue weighted by Gasteiger charge is -2.37. The van der Waals surface area contributed by atoms with E-state index in [4.69, 9.17) is 9.47 Å². The van der Waals surface area contributed by atoms with Crippen molar-refractivity contribution < 1.29 is 23.0 Å². The van der Waals surface area contributed by atoms with Gasteiger partial charge in [-0.25, -0.2) is 13.6 Å². The Morgan fingerprint density at radius 3 is 2.06 bits per heavy atom. The summed E-state index contributed by atoms with van der Waals surface area (Å²) in [5, 5.41) is 0. The normalized spacial score (nSPS) is 18.5. The molecule has 0 unspecified atom stereocenters. The Hall–Kier alpha value is -2.51. The average Bonchev–Trinajstić information content (AvgIpc) is 3.11. The van der Waals surface area contributed by atoms with Crippen LogP contribution in [0.2, 0.25) is 0 Å². The Balaban J connectivity index is 1.28. The van der Waals surface area contributed by atoms with Crippen LogP contribution in [0.1, 0.15) is 43.4 Å². The highest BCUT2D eigenvalue weighted by atomic mass is 19.1. The van der Waals surface area contributed by atoms with Gasteiger partial charge in [0.1, 0.15) is 23.3 Å². The fraction of sp³-hybridized carbons (Fsp3) is 0.480. The van der Waals surface area contributed by atoms with Gasteiger partial charge in [-0.3, -0.25) is 0 Å². The lowest BCUT2D eigenvalue weighted by molar-refractivity contribution is -0.00253. The summed E-state index contributed by atoms with van der Waals surface area (Å²) in [6.07, 6.45) is 1.97. The predicted molar refractivity (Wildman–Crippen MR) is 117 cm³/mol. The first kappa shape index (κ1) is 22.7. The van der Waals surface area contributed by atoms with Crippen LogP contribution in [-0.2, 0) is 9.47 Å². The summed E-state index contributed by atoms with van der Waals surface area (Å²) in [4.78, 5) is 16.1. The maximum Gasteiger partial charge on any atom is 0.410 e. The van der Waals surface area contributed by atoms with E-state index in [0.717, 1.165) is 50.0 Å². The molecule has 0 atom stereocenters. The van der Waals surface area contributed by atoms with Crippen LogP contribution in [0.15, 0.2) is 48.5 Å². The van der Waals surface area contributed by atoms with Gasteiger partial charge in [-0.2, -0.15) is 0 Å². The molecular formula is C25H30F2N2O3. The van der Waals surface area contributed by atoms with Gasteiger partial charge < -0.3 is 19.3 Å². The van der Waals surface area contributed by atoms with Gasteiger partial charge in [0.05, 0.1) is 6.54 Å². The molecule has 1 spiro atoms. The molecule has 2 aliphatic heterocycles. The zero-order valence-corrected chi connectivity index (χ0v) is 18.4. The van der Waals surface area contributed by atoms with Crippen LogP contribution in [0.5, 0.6) is 0 Å². The summed E-state index contributed by atoms with van der Waals surface area (Å²) in [7, 11) is 0. The number of hydrogen-bond donors (Lipinski definition) is 0. The second-order valence-corrected chi connectivity index (χ2v) is 8.61. The summed E-state index contributed by atoms with van der Waals surface area (Å²) in [5.74, 6) is -0.603. The summed E-state index contributed by atoms with van der Waals surface area (Å²) in [6.45, 7) is 6.55. The molecule has 0 aliphatic carbocycles. The van der Waals surface area contributed by atoms with Gasteiger partial charge in [0.2, 0.25) is 0 Å². The average molecular weight is 445 g/mol. The largest absolute Gasteiger partial charge is 0.441 e. The highest BCUT2D eigenvalue weighted by molar-refractivity contribution is 5.70. The fourth-order valence-corrected chi connectivity index (χ4v) is 4.53. The van der Waals surface area contributed by atoms with Crippen LogP contribution in [-0.4, -0.2) is 60.8 Å². The first-order valence-corrected chi connectivity index (χ1v) is 11.3. The number of carbonyl (C=O) groups excluding carboxylic acids is 1. The molecule has 4 rings (SSSR count). The number of amides is 1. The van der Waals surface area contributed by atoms with Crippen molar-refractivity contribution >= 4 is 6.09 Å². The number of nitrogens with zero attached hydrogens (tertiary/aromatic N) is 2. The standard InChI is InChI=1S/C25H30F2N2O3/c1-2-29-18-25(32-24(29)30)12-15-28(16-13-25)14-3-17-31-23(19-4-8-21(26)9-5-19)20-6-10-22(27)11-7-20/h4-11,23H,2-3,12-18H2,1H3. The molecule has 2 saturated heterocycles. The molecule has 0 N–H and O–H groups in total. The van der Waals surface area contributed by atoms with Crippen LogP contribution in [0.3, 0.4) is 0 Å². The molecule has 0 bridgehead atoms. The predicted octanol–water partition coefficient (Wildman–Crippen LogP) is 4.77. The maximum absolute atomic E-state index is 13.4. The first-order chi connectivity index (χ1) is 15.5. The molecule has 5 nitrogen and oxygen atoms in total. The van der Waals surface area contributed by atoms with Crippen molar-refractivity contribution in [3.8, 4) is 0 Å². The van der Waals surface area contributed by atoms with Crippen molar-refractivity contribution in [3.05, 3.63) is 71.3 Å². The van der Waals surface area contributed by atoms with Crippen LogP contribution < -0.4 is 0 Å². The third-order valence-corrected chi connectivity index (χ3v) is 6.44. The van der Waals surface area contributed by atoms with E-state index in [0.29, 0.717) is 19.7 Å². The topological polar surface area (TPSA) is 42.0 Å². The molecule has 0 aromatic heterocycles. The van der Waals surface area contributed by atoms with E-state index in [9.17, 15) is 13.6 Å². The van der Waals surface area contributed by atoms with Crippen LogP contribution in [0.25, 0.3) is 0 Å². The molecule has 2 aromatic carbocycles. The summed E-state index contributed by atoms with van der Waals surface area (Å²) < 4.78 is 38.6. The smallest absolute Gasteiger partial charge is 0.410 e. The Morgan fingerprint density at radius 1 is 1.00 bits per heavy atom. The number of likely N-dealkylation sites (tertiary alicyclic amines) is 1. The van der Waals surface area contributed by atoms with Gasteiger partial charge in [-0.05, 0) is 48.7 Å². The molecule has 2 heterocycles. The molecule has 0 saturated carbocycles. The summed E-state index contributed by atoms with van der Waals surface area (Å²) in [5.41, 5.74) is 1.35. The zero-order valence-electron chi connectivity index (χ0n) is 18.4. The molecule has 2 aromatic rings. The van der Waals surface area contributed by atoms with Crippen LogP contribution in [0.4, 0.5) is 13.6 Å². The van der Waals surface area contributed by atoms with E-state index in [1.54, 1.807) is 29.2 Å². The Kier molecular flexibility index (Phi) is 7.06. The molecular weight excluding hydrogens is 414 g/mol. The number of benzene rings is 2. The van der Waals surface area contributed by atoms with Gasteiger partial charge in [0.15, 0.2) is 0 Å². The van der Waals surface area contributed by atoms with Gasteiger partial charge >= 0.3 is 6.09 Å². The molecule has 0 radical (unpaired) electrons. The minimum Gasteiger partial charge on any atom is -0.441 e. The minimum absolute atomic E-state index is 0.193. The monoisotopic (exact) mass is 444 g/mol. The second kappa shape index (κ2) is 9.96. The number of halogens is 2. The third kappa shape index (κ3) is 5.27. The fourth-order valence-electron chi connectivity index (χ4n) is 4.53. The van der Waals surface area contributed by atoms with Crippen molar-refractivity contribution in [2.45, 2.75) is 37.9 Å². The van der Waals surface area contributed by atoms with E-state index < -0.39 is 0 Å². The van der Waals surface area contributed by atoms with Gasteiger partial charge in [-0.15, -0.1) is 0 Å². The Labute approximate surface area is 187 Å². The van der Waals surface area contributed by atoms with Gasteiger partial charge in [-0.1, -0.05) is 24.3 Å². The van der Waals surface area contributed by atoms with E-state index in [1.165, 1.54) is 24.3 Å². The van der Waals surface area contributed by atoms with E-state index in [2.05, 4.69) is 4.90 Å². The molecule has 2 aliphatic rings. The summed E-state index contributed by atoms with van der Waals surface area (Å²) in [6, 6.07) is 12.5. The van der Waals surface area contributed by atoms with Crippen molar-refractivity contribution in [1.82, 2.24) is 9.80 Å². The summed E-state index contributed by atoms with van der Waals surface area (Å²) >= 11 is 0. The van der Waals surface area contributed by atoms with E-state index >= 15 is 0 Å². The lowest BCUT2D eigenvalue weighted by Crippen LogP contribution is -2.47. The lowest BCUT2D eigenvalue weighted by atomic mass is 9.91. The van der Waals surface area contributed by atoms with Crippen LogP contribution in [0, 0.1) is 11.6 Å². The highest BCUT2D eigenvalue weighted by Crippen LogP contribution is 2.33. The van der Waals surface area contributed by atoms with Crippen molar-refractivity contribution in [3.63, 3.8) is 0 Å². The quantitative estimate of drug-likeness (QED) is 0.550. The number of hydrogen-bond acceptors (Lipinski definition) is 4. The Morgan fingerprint density at radius 2 is 1.56 bits per heavy atom. The molecule has 2 fully saturated rings. The van der Waals surface area contributed by atoms with Gasteiger partial charge in [0, 0.05) is 45.6 Å². The third-order valence-electron chi connectivity index (χ3n) is 6.44. The van der Waals surface area contributed by atoms with E-state index in [1.807, 2.05) is 6.92 Å². The van der Waals surface area contributed by atoms with E-state index in [-0.39, 0.29) is 29.4 Å². The van der Waals surface area contributed by atoms with Crippen molar-refractivity contribution in [2.24, 2.45) is 0 Å². The number of carbonyl (C=O) groups is 1. The number of rotatable bonds is 8. The first-order valence-electron chi connectivity index (χ1n) is 11.3. The number of likely N-dealkylation sites (N-methyl/N-ethyl adjacent to an activating group) is 1.